The van der Waals surface area contributed by atoms with Gasteiger partial charge in [0.25, 0.3) is 0 Å². The highest BCUT2D eigenvalue weighted by Crippen LogP contribution is 2.29. The Kier molecular flexibility index (Phi) is 4.71. The van der Waals surface area contributed by atoms with E-state index >= 15 is 0 Å². The molecule has 0 bridgehead atoms. The molecule has 1 aliphatic rings. The van der Waals surface area contributed by atoms with Crippen LogP contribution in [-0.2, 0) is 16.0 Å². The largest absolute Gasteiger partial charge is 0.492 e. The summed E-state index contributed by atoms with van der Waals surface area (Å²) >= 11 is 6.11. The summed E-state index contributed by atoms with van der Waals surface area (Å²) < 4.78 is 10.3. The third-order valence-electron chi connectivity index (χ3n) is 3.90. The standard InChI is InChI=1S/C18H16ClNO4/c1-23-18(22)12-6-7-14(19)15(9-12)20-17(21)13-8-11-4-2-3-5-16(11)24-10-13/h2-7,9,13H,8,10H2,1H3,(H,20,21). The first-order valence-electron chi connectivity index (χ1n) is 7.48. The second-order valence-corrected chi connectivity index (χ2v) is 5.90. The van der Waals surface area contributed by atoms with Crippen molar-refractivity contribution in [1.82, 2.24) is 0 Å². The number of halogens is 1. The van der Waals surface area contributed by atoms with Gasteiger partial charge in [-0.2, -0.15) is 0 Å². The molecule has 0 fully saturated rings. The van der Waals surface area contributed by atoms with Gasteiger partial charge in [-0.25, -0.2) is 4.79 Å². The highest BCUT2D eigenvalue weighted by atomic mass is 35.5. The van der Waals surface area contributed by atoms with Gasteiger partial charge in [0.05, 0.1) is 29.3 Å². The molecule has 5 nitrogen and oxygen atoms in total. The number of carbonyl (C=O) groups is 2. The van der Waals surface area contributed by atoms with Crippen LogP contribution in [0, 0.1) is 5.92 Å². The van der Waals surface area contributed by atoms with E-state index in [1.807, 2.05) is 24.3 Å². The zero-order valence-electron chi connectivity index (χ0n) is 13.0. The number of carbonyl (C=O) groups excluding carboxylic acids is 2. The Balaban J connectivity index is 1.75. The summed E-state index contributed by atoms with van der Waals surface area (Å²) in [5.41, 5.74) is 1.70. The van der Waals surface area contributed by atoms with Crippen molar-refractivity contribution >= 4 is 29.2 Å². The fourth-order valence-electron chi connectivity index (χ4n) is 2.60. The van der Waals surface area contributed by atoms with E-state index in [0.717, 1.165) is 11.3 Å². The van der Waals surface area contributed by atoms with Crippen molar-refractivity contribution in [3.05, 3.63) is 58.6 Å². The van der Waals surface area contributed by atoms with Crippen LogP contribution in [0.5, 0.6) is 5.75 Å². The van der Waals surface area contributed by atoms with Crippen LogP contribution >= 0.6 is 11.6 Å². The molecule has 0 spiro atoms. The lowest BCUT2D eigenvalue weighted by molar-refractivity contribution is -0.121. The minimum atomic E-state index is -0.489. The molecular formula is C18H16ClNO4. The molecule has 1 heterocycles. The predicted octanol–water partition coefficient (Wildman–Crippen LogP) is 3.32. The Morgan fingerprint density at radius 2 is 2.04 bits per heavy atom. The molecule has 0 saturated heterocycles. The predicted molar refractivity (Wildman–Crippen MR) is 90.6 cm³/mol. The van der Waals surface area contributed by atoms with Crippen molar-refractivity contribution in [2.45, 2.75) is 6.42 Å². The molecule has 1 atom stereocenters. The quantitative estimate of drug-likeness (QED) is 0.867. The number of amides is 1. The summed E-state index contributed by atoms with van der Waals surface area (Å²) in [6.45, 7) is 0.303. The van der Waals surface area contributed by atoms with Crippen LogP contribution in [0.4, 0.5) is 5.69 Å². The van der Waals surface area contributed by atoms with Crippen LogP contribution in [0.25, 0.3) is 0 Å². The van der Waals surface area contributed by atoms with E-state index < -0.39 is 5.97 Å². The van der Waals surface area contributed by atoms with Crippen molar-refractivity contribution in [2.24, 2.45) is 5.92 Å². The van der Waals surface area contributed by atoms with Gasteiger partial charge >= 0.3 is 5.97 Å². The monoisotopic (exact) mass is 345 g/mol. The molecule has 3 rings (SSSR count). The van der Waals surface area contributed by atoms with Crippen molar-refractivity contribution < 1.29 is 19.1 Å². The molecule has 0 aromatic heterocycles. The Morgan fingerprint density at radius 1 is 1.25 bits per heavy atom. The molecule has 2 aromatic rings. The number of rotatable bonds is 3. The van der Waals surface area contributed by atoms with Gasteiger partial charge < -0.3 is 14.8 Å². The van der Waals surface area contributed by atoms with Crippen LogP contribution in [-0.4, -0.2) is 25.6 Å². The van der Waals surface area contributed by atoms with Crippen molar-refractivity contribution in [2.75, 3.05) is 19.0 Å². The highest BCUT2D eigenvalue weighted by Gasteiger charge is 2.26. The molecule has 0 aliphatic carbocycles. The minimum Gasteiger partial charge on any atom is -0.492 e. The Morgan fingerprint density at radius 3 is 2.83 bits per heavy atom. The fourth-order valence-corrected chi connectivity index (χ4v) is 2.76. The zero-order valence-corrected chi connectivity index (χ0v) is 13.8. The summed E-state index contributed by atoms with van der Waals surface area (Å²) in [7, 11) is 1.30. The number of nitrogens with one attached hydrogen (secondary N) is 1. The summed E-state index contributed by atoms with van der Waals surface area (Å²) in [6.07, 6.45) is 0.594. The van der Waals surface area contributed by atoms with Crippen LogP contribution in [0.15, 0.2) is 42.5 Å². The van der Waals surface area contributed by atoms with Crippen LogP contribution < -0.4 is 10.1 Å². The molecule has 124 valence electrons. The van der Waals surface area contributed by atoms with Crippen molar-refractivity contribution in [3.8, 4) is 5.75 Å². The first-order valence-corrected chi connectivity index (χ1v) is 7.85. The van der Waals surface area contributed by atoms with Gasteiger partial charge in [-0.3, -0.25) is 4.79 Å². The summed E-state index contributed by atoms with van der Waals surface area (Å²) in [6, 6.07) is 12.2. The Labute approximate surface area is 144 Å². The maximum atomic E-state index is 12.5. The molecule has 1 amide bonds. The van der Waals surface area contributed by atoms with Crippen LogP contribution in [0.3, 0.4) is 0 Å². The second-order valence-electron chi connectivity index (χ2n) is 5.50. The number of para-hydroxylation sites is 1. The van der Waals surface area contributed by atoms with Crippen LogP contribution in [0.2, 0.25) is 5.02 Å². The van der Waals surface area contributed by atoms with Gasteiger partial charge in [0, 0.05) is 0 Å². The third kappa shape index (κ3) is 3.36. The fraction of sp³-hybridized carbons (Fsp3) is 0.222. The number of anilines is 1. The van der Waals surface area contributed by atoms with E-state index in [4.69, 9.17) is 16.3 Å². The lowest BCUT2D eigenvalue weighted by Crippen LogP contribution is -2.32. The highest BCUT2D eigenvalue weighted by molar-refractivity contribution is 6.33. The first kappa shape index (κ1) is 16.3. The second kappa shape index (κ2) is 6.93. The molecule has 0 saturated carbocycles. The maximum absolute atomic E-state index is 12.5. The Bertz CT molecular complexity index is 790. The van der Waals surface area contributed by atoms with Gasteiger partial charge in [0.2, 0.25) is 5.91 Å². The number of methoxy groups -OCH3 is 1. The van der Waals surface area contributed by atoms with E-state index in [-0.39, 0.29) is 11.8 Å². The third-order valence-corrected chi connectivity index (χ3v) is 4.22. The maximum Gasteiger partial charge on any atom is 0.337 e. The zero-order chi connectivity index (χ0) is 17.1. The lowest BCUT2D eigenvalue weighted by Gasteiger charge is -2.24. The number of hydrogen-bond acceptors (Lipinski definition) is 4. The van der Waals surface area contributed by atoms with Gasteiger partial charge in [0.15, 0.2) is 0 Å². The molecule has 1 unspecified atom stereocenters. The molecule has 6 heteroatoms. The average Bonchev–Trinajstić information content (AvgIpc) is 2.62. The smallest absolute Gasteiger partial charge is 0.337 e. The van der Waals surface area contributed by atoms with E-state index in [2.05, 4.69) is 10.1 Å². The summed E-state index contributed by atoms with van der Waals surface area (Å²) in [5, 5.41) is 3.13. The molecule has 0 radical (unpaired) electrons. The summed E-state index contributed by atoms with van der Waals surface area (Å²) in [5.74, 6) is -0.199. The minimum absolute atomic E-state index is 0.201. The number of hydrogen-bond donors (Lipinski definition) is 1. The number of benzene rings is 2. The van der Waals surface area contributed by atoms with Gasteiger partial charge in [-0.15, -0.1) is 0 Å². The number of esters is 1. The van der Waals surface area contributed by atoms with Crippen molar-refractivity contribution in [1.29, 1.82) is 0 Å². The topological polar surface area (TPSA) is 64.6 Å². The van der Waals surface area contributed by atoms with E-state index in [0.29, 0.717) is 29.3 Å². The first-order chi connectivity index (χ1) is 11.6. The number of fused-ring (bicyclic) bond motifs is 1. The molecule has 1 N–H and O–H groups in total. The number of ether oxygens (including phenoxy) is 2. The van der Waals surface area contributed by atoms with Crippen LogP contribution in [0.1, 0.15) is 15.9 Å². The van der Waals surface area contributed by atoms with E-state index in [1.54, 1.807) is 12.1 Å². The molecule has 1 aliphatic heterocycles. The molecular weight excluding hydrogens is 330 g/mol. The normalized spacial score (nSPS) is 15.8. The van der Waals surface area contributed by atoms with E-state index in [1.165, 1.54) is 13.2 Å². The van der Waals surface area contributed by atoms with Gasteiger partial charge in [0.1, 0.15) is 12.4 Å². The SMILES string of the molecule is COC(=O)c1ccc(Cl)c(NC(=O)C2COc3ccccc3C2)c1. The van der Waals surface area contributed by atoms with Gasteiger partial charge in [-0.05, 0) is 36.2 Å². The van der Waals surface area contributed by atoms with Crippen molar-refractivity contribution in [3.63, 3.8) is 0 Å². The van der Waals surface area contributed by atoms with E-state index in [9.17, 15) is 9.59 Å². The lowest BCUT2D eigenvalue weighted by atomic mass is 9.96. The van der Waals surface area contributed by atoms with Gasteiger partial charge in [-0.1, -0.05) is 29.8 Å². The molecule has 2 aromatic carbocycles. The Hall–Kier alpha value is -2.53. The average molecular weight is 346 g/mol. The summed E-state index contributed by atoms with van der Waals surface area (Å²) in [4.78, 5) is 24.1. The molecule has 24 heavy (non-hydrogen) atoms.